The lowest BCUT2D eigenvalue weighted by molar-refractivity contribution is -0.660. The molecular weight excluding hydrogens is 194 g/mol. The zero-order valence-electron chi connectivity index (χ0n) is 9.85. The van der Waals surface area contributed by atoms with Gasteiger partial charge in [0.1, 0.15) is 6.04 Å². The fraction of sp³-hybridized carbons (Fsp3) is 0.200. The lowest BCUT2D eigenvalue weighted by atomic mass is 9.98. The van der Waals surface area contributed by atoms with Gasteiger partial charge in [0.2, 0.25) is 0 Å². The summed E-state index contributed by atoms with van der Waals surface area (Å²) in [6.07, 6.45) is 0. The van der Waals surface area contributed by atoms with E-state index in [2.05, 4.69) is 73.9 Å². The summed E-state index contributed by atoms with van der Waals surface area (Å²) < 4.78 is 0. The number of rotatable bonds is 3. The van der Waals surface area contributed by atoms with Crippen molar-refractivity contribution in [1.29, 1.82) is 0 Å². The molecule has 0 aromatic heterocycles. The van der Waals surface area contributed by atoms with E-state index >= 15 is 0 Å². The van der Waals surface area contributed by atoms with Crippen LogP contribution in [0.25, 0.3) is 0 Å². The zero-order valence-corrected chi connectivity index (χ0v) is 9.85. The number of nitrogens with two attached hydrogens (primary N) is 1. The highest BCUT2D eigenvalue weighted by atomic mass is 14.9. The zero-order chi connectivity index (χ0) is 11.4. The fourth-order valence-corrected chi connectivity index (χ4v) is 2.01. The van der Waals surface area contributed by atoms with Gasteiger partial charge in [-0.3, -0.25) is 0 Å². The van der Waals surface area contributed by atoms with Crippen molar-refractivity contribution in [1.82, 2.24) is 0 Å². The maximum atomic E-state index is 2.25. The van der Waals surface area contributed by atoms with Crippen molar-refractivity contribution in [2.75, 3.05) is 7.05 Å². The summed E-state index contributed by atoms with van der Waals surface area (Å²) in [7, 11) is 2.12. The van der Waals surface area contributed by atoms with Gasteiger partial charge < -0.3 is 5.32 Å². The van der Waals surface area contributed by atoms with Crippen molar-refractivity contribution < 1.29 is 5.32 Å². The average molecular weight is 212 g/mol. The van der Waals surface area contributed by atoms with Crippen molar-refractivity contribution >= 4 is 0 Å². The van der Waals surface area contributed by atoms with Crippen LogP contribution in [0.3, 0.4) is 0 Å². The summed E-state index contributed by atoms with van der Waals surface area (Å²) in [5, 5.41) is 2.25. The molecule has 0 aliphatic carbocycles. The smallest absolute Gasteiger partial charge is 0.137 e. The molecule has 1 heteroatoms. The third kappa shape index (κ3) is 2.31. The highest BCUT2D eigenvalue weighted by Crippen LogP contribution is 2.18. The lowest BCUT2D eigenvalue weighted by Gasteiger charge is -2.14. The first-order valence-electron chi connectivity index (χ1n) is 5.72. The van der Waals surface area contributed by atoms with Crippen molar-refractivity contribution in [3.05, 3.63) is 71.3 Å². The molecule has 0 bridgehead atoms. The maximum absolute atomic E-state index is 2.25. The van der Waals surface area contributed by atoms with Crippen molar-refractivity contribution in [2.24, 2.45) is 0 Å². The standard InChI is InChI=1S/C15H17N/c1-12-8-10-14(11-9-12)15(16-2)13-6-4-3-5-7-13/h3-11,15-16H,1-2H3/p+1/t15-/m0/s1. The van der Waals surface area contributed by atoms with Crippen molar-refractivity contribution in [3.63, 3.8) is 0 Å². The minimum absolute atomic E-state index is 0.404. The van der Waals surface area contributed by atoms with E-state index in [0.717, 1.165) is 0 Å². The monoisotopic (exact) mass is 212 g/mol. The Bertz CT molecular complexity index is 431. The summed E-state index contributed by atoms with van der Waals surface area (Å²) in [5.74, 6) is 0. The molecule has 1 nitrogen and oxygen atoms in total. The van der Waals surface area contributed by atoms with Crippen LogP contribution in [-0.4, -0.2) is 7.05 Å². The molecule has 0 radical (unpaired) electrons. The molecule has 82 valence electrons. The molecule has 2 rings (SSSR count). The summed E-state index contributed by atoms with van der Waals surface area (Å²) in [6, 6.07) is 19.8. The molecule has 0 aliphatic heterocycles. The molecule has 0 heterocycles. The second-order valence-corrected chi connectivity index (χ2v) is 4.13. The van der Waals surface area contributed by atoms with Crippen LogP contribution in [0.1, 0.15) is 22.7 Å². The topological polar surface area (TPSA) is 16.6 Å². The SMILES string of the molecule is C[NH2+][C@@H](c1ccccc1)c1ccc(C)cc1. The highest BCUT2D eigenvalue weighted by molar-refractivity contribution is 5.31. The minimum Gasteiger partial charge on any atom is -0.339 e. The van der Waals surface area contributed by atoms with Crippen molar-refractivity contribution in [2.45, 2.75) is 13.0 Å². The van der Waals surface area contributed by atoms with Crippen LogP contribution in [0, 0.1) is 6.92 Å². The van der Waals surface area contributed by atoms with Crippen LogP contribution in [0.5, 0.6) is 0 Å². The van der Waals surface area contributed by atoms with E-state index in [1.807, 2.05) is 0 Å². The Kier molecular flexibility index (Phi) is 3.37. The molecular formula is C15H18N+. The van der Waals surface area contributed by atoms with Crippen LogP contribution in [0.4, 0.5) is 0 Å². The largest absolute Gasteiger partial charge is 0.339 e. The Hall–Kier alpha value is -1.60. The number of quaternary nitrogens is 1. The first kappa shape index (κ1) is 10.9. The molecule has 1 atom stereocenters. The molecule has 0 fully saturated rings. The summed E-state index contributed by atoms with van der Waals surface area (Å²) in [5.41, 5.74) is 4.03. The van der Waals surface area contributed by atoms with Crippen LogP contribution < -0.4 is 5.32 Å². The molecule has 2 N–H and O–H groups in total. The minimum atomic E-state index is 0.404. The van der Waals surface area contributed by atoms with E-state index in [1.165, 1.54) is 16.7 Å². The molecule has 0 unspecified atom stereocenters. The number of hydrogen-bond acceptors (Lipinski definition) is 0. The van der Waals surface area contributed by atoms with Crippen LogP contribution in [0.2, 0.25) is 0 Å². The van der Waals surface area contributed by atoms with E-state index in [1.54, 1.807) is 0 Å². The Morgan fingerprint density at radius 2 is 1.38 bits per heavy atom. The number of hydrogen-bond donors (Lipinski definition) is 1. The van der Waals surface area contributed by atoms with Gasteiger partial charge in [-0.25, -0.2) is 0 Å². The van der Waals surface area contributed by atoms with Gasteiger partial charge in [-0.1, -0.05) is 60.2 Å². The van der Waals surface area contributed by atoms with Gasteiger partial charge in [0, 0.05) is 11.1 Å². The van der Waals surface area contributed by atoms with Gasteiger partial charge in [-0.15, -0.1) is 0 Å². The van der Waals surface area contributed by atoms with Gasteiger partial charge in [-0.2, -0.15) is 0 Å². The average Bonchev–Trinajstić information content (AvgIpc) is 2.34. The van der Waals surface area contributed by atoms with E-state index in [0.29, 0.717) is 6.04 Å². The molecule has 16 heavy (non-hydrogen) atoms. The van der Waals surface area contributed by atoms with Crippen LogP contribution in [0.15, 0.2) is 54.6 Å². The molecule has 2 aromatic rings. The predicted molar refractivity (Wildman–Crippen MR) is 67.3 cm³/mol. The normalized spacial score (nSPS) is 12.4. The Morgan fingerprint density at radius 1 is 0.812 bits per heavy atom. The lowest BCUT2D eigenvalue weighted by Crippen LogP contribution is -2.81. The van der Waals surface area contributed by atoms with Crippen LogP contribution in [-0.2, 0) is 0 Å². The number of benzene rings is 2. The second kappa shape index (κ2) is 4.95. The van der Waals surface area contributed by atoms with E-state index in [4.69, 9.17) is 0 Å². The van der Waals surface area contributed by atoms with Crippen molar-refractivity contribution in [3.8, 4) is 0 Å². The third-order valence-electron chi connectivity index (χ3n) is 2.93. The first-order valence-corrected chi connectivity index (χ1v) is 5.72. The summed E-state index contributed by atoms with van der Waals surface area (Å²) >= 11 is 0. The van der Waals surface area contributed by atoms with E-state index < -0.39 is 0 Å². The Morgan fingerprint density at radius 3 is 1.94 bits per heavy atom. The van der Waals surface area contributed by atoms with E-state index in [-0.39, 0.29) is 0 Å². The highest BCUT2D eigenvalue weighted by Gasteiger charge is 2.14. The van der Waals surface area contributed by atoms with Crippen LogP contribution >= 0.6 is 0 Å². The van der Waals surface area contributed by atoms with Gasteiger partial charge in [0.05, 0.1) is 7.05 Å². The molecule has 0 saturated carbocycles. The first-order chi connectivity index (χ1) is 7.81. The predicted octanol–water partition coefficient (Wildman–Crippen LogP) is 2.28. The summed E-state index contributed by atoms with van der Waals surface area (Å²) in [4.78, 5) is 0. The van der Waals surface area contributed by atoms with E-state index in [9.17, 15) is 0 Å². The molecule has 0 spiro atoms. The van der Waals surface area contributed by atoms with Gasteiger partial charge in [-0.05, 0) is 6.92 Å². The number of aryl methyl sites for hydroxylation is 1. The quantitative estimate of drug-likeness (QED) is 0.804. The molecule has 0 amide bonds. The summed E-state index contributed by atoms with van der Waals surface area (Å²) in [6.45, 7) is 2.12. The second-order valence-electron chi connectivity index (χ2n) is 4.13. The van der Waals surface area contributed by atoms with Gasteiger partial charge in [0.15, 0.2) is 0 Å². The Labute approximate surface area is 97.1 Å². The van der Waals surface area contributed by atoms with Gasteiger partial charge in [0.25, 0.3) is 0 Å². The molecule has 0 aliphatic rings. The maximum Gasteiger partial charge on any atom is 0.137 e. The Balaban J connectivity index is 2.33. The fourth-order valence-electron chi connectivity index (χ4n) is 2.01. The molecule has 2 aromatic carbocycles. The van der Waals surface area contributed by atoms with Gasteiger partial charge >= 0.3 is 0 Å². The third-order valence-corrected chi connectivity index (χ3v) is 2.93. The molecule has 0 saturated heterocycles.